The minimum Gasteiger partial charge on any atom is -0.494 e. The molecule has 7 heteroatoms. The van der Waals surface area contributed by atoms with Crippen molar-refractivity contribution < 1.29 is 18.4 Å². The molecule has 0 unspecified atom stereocenters. The highest BCUT2D eigenvalue weighted by atomic mass is 19.1. The number of aromatic nitrogens is 2. The van der Waals surface area contributed by atoms with E-state index in [4.69, 9.17) is 9.26 Å². The van der Waals surface area contributed by atoms with Crippen LogP contribution in [0, 0.1) is 5.82 Å². The van der Waals surface area contributed by atoms with E-state index < -0.39 is 11.7 Å². The molecule has 3 rings (SSSR count). The van der Waals surface area contributed by atoms with E-state index in [-0.39, 0.29) is 17.1 Å². The van der Waals surface area contributed by atoms with Crippen molar-refractivity contribution in [3.63, 3.8) is 0 Å². The second kappa shape index (κ2) is 7.19. The Kier molecular flexibility index (Phi) is 4.94. The van der Waals surface area contributed by atoms with Crippen LogP contribution < -0.4 is 10.1 Å². The number of benzene rings is 2. The standard InChI is InChI=1S/C20H20FN3O3/c1-20(2,3)19-23-18(27-24-19)14-8-6-5-7-13(14)17(25)22-12-9-10-16(26-4)15(21)11-12/h5-11H,1-4H3,(H,22,25). The van der Waals surface area contributed by atoms with E-state index in [1.807, 2.05) is 20.8 Å². The topological polar surface area (TPSA) is 77.2 Å². The normalized spacial score (nSPS) is 11.3. The summed E-state index contributed by atoms with van der Waals surface area (Å²) in [5.41, 5.74) is 0.887. The summed E-state index contributed by atoms with van der Waals surface area (Å²) in [7, 11) is 1.38. The Balaban J connectivity index is 1.90. The molecule has 6 nitrogen and oxygen atoms in total. The molecule has 0 fully saturated rings. The largest absolute Gasteiger partial charge is 0.494 e. The maximum Gasteiger partial charge on any atom is 0.258 e. The van der Waals surface area contributed by atoms with Gasteiger partial charge in [-0.2, -0.15) is 4.98 Å². The van der Waals surface area contributed by atoms with E-state index in [0.29, 0.717) is 22.6 Å². The van der Waals surface area contributed by atoms with Gasteiger partial charge in [-0.1, -0.05) is 38.1 Å². The van der Waals surface area contributed by atoms with Gasteiger partial charge in [0.25, 0.3) is 11.8 Å². The number of carbonyl (C=O) groups excluding carboxylic acids is 1. The number of anilines is 1. The van der Waals surface area contributed by atoms with Gasteiger partial charge in [-0.15, -0.1) is 0 Å². The van der Waals surface area contributed by atoms with E-state index >= 15 is 0 Å². The molecule has 2 aromatic carbocycles. The summed E-state index contributed by atoms with van der Waals surface area (Å²) >= 11 is 0. The van der Waals surface area contributed by atoms with E-state index in [1.165, 1.54) is 19.2 Å². The van der Waals surface area contributed by atoms with Crippen molar-refractivity contribution >= 4 is 11.6 Å². The molecule has 1 amide bonds. The van der Waals surface area contributed by atoms with E-state index in [1.54, 1.807) is 30.3 Å². The van der Waals surface area contributed by atoms with Crippen LogP contribution in [0.25, 0.3) is 11.5 Å². The average molecular weight is 369 g/mol. The summed E-state index contributed by atoms with van der Waals surface area (Å²) in [6.07, 6.45) is 0. The fourth-order valence-electron chi connectivity index (χ4n) is 2.45. The van der Waals surface area contributed by atoms with E-state index in [0.717, 1.165) is 0 Å². The van der Waals surface area contributed by atoms with Crippen LogP contribution >= 0.6 is 0 Å². The molecule has 1 N–H and O–H groups in total. The van der Waals surface area contributed by atoms with Gasteiger partial charge < -0.3 is 14.6 Å². The van der Waals surface area contributed by atoms with Crippen LogP contribution in [-0.2, 0) is 5.41 Å². The molecule has 3 aromatic rings. The third-order valence-corrected chi connectivity index (χ3v) is 3.91. The zero-order chi connectivity index (χ0) is 19.6. The number of ether oxygens (including phenoxy) is 1. The van der Waals surface area contributed by atoms with Gasteiger partial charge in [0.15, 0.2) is 17.4 Å². The minimum absolute atomic E-state index is 0.106. The molecule has 0 saturated heterocycles. The fraction of sp³-hybridized carbons (Fsp3) is 0.250. The molecule has 27 heavy (non-hydrogen) atoms. The Morgan fingerprint density at radius 2 is 1.93 bits per heavy atom. The minimum atomic E-state index is -0.560. The molecule has 140 valence electrons. The molecule has 0 aliphatic heterocycles. The molecule has 1 aromatic heterocycles. The van der Waals surface area contributed by atoms with Crippen LogP contribution in [0.1, 0.15) is 37.0 Å². The highest BCUT2D eigenvalue weighted by Gasteiger charge is 2.23. The molecular weight excluding hydrogens is 349 g/mol. The maximum absolute atomic E-state index is 13.9. The van der Waals surface area contributed by atoms with E-state index in [2.05, 4.69) is 15.5 Å². The lowest BCUT2D eigenvalue weighted by atomic mass is 9.96. The Hall–Kier alpha value is -3.22. The van der Waals surface area contributed by atoms with Gasteiger partial charge in [0.2, 0.25) is 0 Å². The number of nitrogens with one attached hydrogen (secondary N) is 1. The van der Waals surface area contributed by atoms with Crippen molar-refractivity contribution in [3.8, 4) is 17.2 Å². The summed E-state index contributed by atoms with van der Waals surface area (Å²) in [6.45, 7) is 5.91. The SMILES string of the molecule is COc1ccc(NC(=O)c2ccccc2-c2nc(C(C)(C)C)no2)cc1F. The molecule has 0 aliphatic rings. The molecule has 0 aliphatic carbocycles. The van der Waals surface area contributed by atoms with Gasteiger partial charge in [0.1, 0.15) is 0 Å². The summed E-state index contributed by atoms with van der Waals surface area (Å²) in [6, 6.07) is 11.1. The van der Waals surface area contributed by atoms with Gasteiger partial charge in [-0.3, -0.25) is 4.79 Å². The summed E-state index contributed by atoms with van der Waals surface area (Å²) in [5.74, 6) is -0.0635. The number of hydrogen-bond donors (Lipinski definition) is 1. The molecule has 0 radical (unpaired) electrons. The summed E-state index contributed by atoms with van der Waals surface area (Å²) in [4.78, 5) is 17.1. The van der Waals surface area contributed by atoms with Crippen molar-refractivity contribution in [3.05, 3.63) is 59.7 Å². The summed E-state index contributed by atoms with van der Waals surface area (Å²) < 4.78 is 24.1. The van der Waals surface area contributed by atoms with Gasteiger partial charge in [-0.25, -0.2) is 4.39 Å². The Bertz CT molecular complexity index is 977. The third-order valence-electron chi connectivity index (χ3n) is 3.91. The van der Waals surface area contributed by atoms with Gasteiger partial charge in [0, 0.05) is 17.2 Å². The van der Waals surface area contributed by atoms with Crippen LogP contribution in [0.2, 0.25) is 0 Å². The number of carbonyl (C=O) groups is 1. The Labute approximate surface area is 156 Å². The number of hydrogen-bond acceptors (Lipinski definition) is 5. The zero-order valence-corrected chi connectivity index (χ0v) is 15.5. The molecule has 0 saturated carbocycles. The lowest BCUT2D eigenvalue weighted by Gasteiger charge is -2.11. The molecule has 0 bridgehead atoms. The molecule has 0 atom stereocenters. The highest BCUT2D eigenvalue weighted by Crippen LogP contribution is 2.27. The van der Waals surface area contributed by atoms with Crippen molar-refractivity contribution in [2.75, 3.05) is 12.4 Å². The van der Waals surface area contributed by atoms with Crippen molar-refractivity contribution in [2.24, 2.45) is 0 Å². The fourth-order valence-corrected chi connectivity index (χ4v) is 2.45. The smallest absolute Gasteiger partial charge is 0.258 e. The first-order valence-electron chi connectivity index (χ1n) is 8.38. The Morgan fingerprint density at radius 3 is 2.56 bits per heavy atom. The molecule has 0 spiro atoms. The van der Waals surface area contributed by atoms with E-state index in [9.17, 15) is 9.18 Å². The van der Waals surface area contributed by atoms with Crippen molar-refractivity contribution in [1.82, 2.24) is 10.1 Å². The summed E-state index contributed by atoms with van der Waals surface area (Å²) in [5, 5.41) is 6.67. The zero-order valence-electron chi connectivity index (χ0n) is 15.5. The predicted molar refractivity (Wildman–Crippen MR) is 99.3 cm³/mol. The van der Waals surface area contributed by atoms with Crippen LogP contribution in [0.4, 0.5) is 10.1 Å². The lowest BCUT2D eigenvalue weighted by molar-refractivity contribution is 0.102. The number of halogens is 1. The highest BCUT2D eigenvalue weighted by molar-refractivity contribution is 6.08. The molecular formula is C20H20FN3O3. The monoisotopic (exact) mass is 369 g/mol. The quantitative estimate of drug-likeness (QED) is 0.736. The first-order valence-corrected chi connectivity index (χ1v) is 8.38. The van der Waals surface area contributed by atoms with Gasteiger partial charge in [-0.05, 0) is 24.3 Å². The lowest BCUT2D eigenvalue weighted by Crippen LogP contribution is -2.14. The number of methoxy groups -OCH3 is 1. The van der Waals surface area contributed by atoms with Crippen molar-refractivity contribution in [2.45, 2.75) is 26.2 Å². The Morgan fingerprint density at radius 1 is 1.19 bits per heavy atom. The second-order valence-electron chi connectivity index (χ2n) is 7.02. The third kappa shape index (κ3) is 3.97. The van der Waals surface area contributed by atoms with Crippen molar-refractivity contribution in [1.29, 1.82) is 0 Å². The number of rotatable bonds is 4. The predicted octanol–water partition coefficient (Wildman–Crippen LogP) is 4.43. The first-order chi connectivity index (χ1) is 12.8. The second-order valence-corrected chi connectivity index (χ2v) is 7.02. The first kappa shape index (κ1) is 18.6. The molecule has 1 heterocycles. The number of amides is 1. The van der Waals surface area contributed by atoms with Gasteiger partial charge in [0.05, 0.1) is 18.2 Å². The van der Waals surface area contributed by atoms with Crippen LogP contribution in [0.5, 0.6) is 5.75 Å². The number of nitrogens with zero attached hydrogens (tertiary/aromatic N) is 2. The van der Waals surface area contributed by atoms with Gasteiger partial charge >= 0.3 is 0 Å². The van der Waals surface area contributed by atoms with Crippen LogP contribution in [0.15, 0.2) is 47.0 Å². The van der Waals surface area contributed by atoms with Crippen LogP contribution in [0.3, 0.4) is 0 Å². The average Bonchev–Trinajstić information content (AvgIpc) is 3.12. The van der Waals surface area contributed by atoms with Crippen LogP contribution in [-0.4, -0.2) is 23.2 Å². The maximum atomic E-state index is 13.9.